The van der Waals surface area contributed by atoms with E-state index in [1.807, 2.05) is 0 Å². The van der Waals surface area contributed by atoms with Crippen molar-refractivity contribution in [2.75, 3.05) is 0 Å². The molecule has 2 N–H and O–H groups in total. The van der Waals surface area contributed by atoms with Crippen LogP contribution in [0.4, 0.5) is 0 Å². The Labute approximate surface area is 122 Å². The van der Waals surface area contributed by atoms with Gasteiger partial charge >= 0.3 is 0 Å². The molecule has 0 fully saturated rings. The van der Waals surface area contributed by atoms with Crippen LogP contribution in [0.2, 0.25) is 0 Å². The monoisotopic (exact) mass is 277 g/mol. The summed E-state index contributed by atoms with van der Waals surface area (Å²) in [4.78, 5) is 0. The molecule has 0 saturated heterocycles. The number of hydrogen-bond donors (Lipinski definition) is 1. The van der Waals surface area contributed by atoms with Crippen LogP contribution in [0.3, 0.4) is 0 Å². The lowest BCUT2D eigenvalue weighted by atomic mass is 10.0. The molecule has 0 aliphatic carbocycles. The van der Waals surface area contributed by atoms with E-state index in [4.69, 9.17) is 5.73 Å². The van der Waals surface area contributed by atoms with Crippen LogP contribution in [0.25, 0.3) is 0 Å². The van der Waals surface area contributed by atoms with Crippen molar-refractivity contribution in [3.8, 4) is 0 Å². The van der Waals surface area contributed by atoms with Gasteiger partial charge in [-0.15, -0.1) is 12.4 Å². The average Bonchev–Trinajstić information content (AvgIpc) is 2.30. The van der Waals surface area contributed by atoms with Crippen LogP contribution >= 0.6 is 12.4 Å². The van der Waals surface area contributed by atoms with Gasteiger partial charge in [-0.2, -0.15) is 0 Å². The Hall–Kier alpha value is 0.250. The van der Waals surface area contributed by atoms with E-state index in [0.29, 0.717) is 6.04 Å². The Kier molecular flexibility index (Phi) is 19.7. The maximum atomic E-state index is 5.72. The van der Waals surface area contributed by atoms with Crippen molar-refractivity contribution >= 4 is 12.4 Å². The van der Waals surface area contributed by atoms with Crippen molar-refractivity contribution in [2.24, 2.45) is 5.73 Å². The third-order valence-electron chi connectivity index (χ3n) is 3.51. The van der Waals surface area contributed by atoms with Gasteiger partial charge in [-0.3, -0.25) is 0 Å². The fraction of sp³-hybridized carbons (Fsp3) is 1.00. The third-order valence-corrected chi connectivity index (χ3v) is 3.51. The largest absolute Gasteiger partial charge is 0.328 e. The second kappa shape index (κ2) is 17.2. The van der Waals surface area contributed by atoms with E-state index in [0.717, 1.165) is 0 Å². The first-order valence-corrected chi connectivity index (χ1v) is 8.03. The fourth-order valence-corrected chi connectivity index (χ4v) is 2.31. The Morgan fingerprint density at radius 3 is 1.33 bits per heavy atom. The van der Waals surface area contributed by atoms with Gasteiger partial charge < -0.3 is 5.73 Å². The van der Waals surface area contributed by atoms with Crippen molar-refractivity contribution < 1.29 is 0 Å². The maximum Gasteiger partial charge on any atom is 0.00104 e. The molecular formula is C16H36ClN. The molecule has 0 aliphatic heterocycles. The molecule has 1 unspecified atom stereocenters. The quantitative estimate of drug-likeness (QED) is 0.420. The molecule has 0 rings (SSSR count). The van der Waals surface area contributed by atoms with Gasteiger partial charge in [-0.05, 0) is 13.3 Å². The first kappa shape index (κ1) is 20.6. The number of nitrogens with two attached hydrogens (primary N) is 1. The van der Waals surface area contributed by atoms with Gasteiger partial charge in [0.1, 0.15) is 0 Å². The molecule has 112 valence electrons. The van der Waals surface area contributed by atoms with Gasteiger partial charge in [-0.1, -0.05) is 84.0 Å². The van der Waals surface area contributed by atoms with Crippen LogP contribution in [0.5, 0.6) is 0 Å². The van der Waals surface area contributed by atoms with Crippen LogP contribution in [-0.2, 0) is 0 Å². The van der Waals surface area contributed by atoms with Gasteiger partial charge in [0.05, 0.1) is 0 Å². The van der Waals surface area contributed by atoms with Gasteiger partial charge in [0, 0.05) is 6.04 Å². The van der Waals surface area contributed by atoms with Gasteiger partial charge in [0.2, 0.25) is 0 Å². The lowest BCUT2D eigenvalue weighted by Crippen LogP contribution is -2.13. The molecular weight excluding hydrogens is 242 g/mol. The molecule has 0 spiro atoms. The summed E-state index contributed by atoms with van der Waals surface area (Å²) < 4.78 is 0. The summed E-state index contributed by atoms with van der Waals surface area (Å²) in [5, 5.41) is 0. The summed E-state index contributed by atoms with van der Waals surface area (Å²) in [5.41, 5.74) is 5.72. The smallest absolute Gasteiger partial charge is 0.00104 e. The highest BCUT2D eigenvalue weighted by Gasteiger charge is 1.95. The minimum absolute atomic E-state index is 0. The van der Waals surface area contributed by atoms with E-state index >= 15 is 0 Å². The Morgan fingerprint density at radius 2 is 1.00 bits per heavy atom. The van der Waals surface area contributed by atoms with E-state index < -0.39 is 0 Å². The maximum absolute atomic E-state index is 5.72. The minimum Gasteiger partial charge on any atom is -0.328 e. The summed E-state index contributed by atoms with van der Waals surface area (Å²) >= 11 is 0. The first-order valence-electron chi connectivity index (χ1n) is 8.03. The number of rotatable bonds is 13. The van der Waals surface area contributed by atoms with Crippen molar-refractivity contribution in [3.63, 3.8) is 0 Å². The van der Waals surface area contributed by atoms with E-state index in [9.17, 15) is 0 Å². The molecule has 0 aromatic carbocycles. The molecule has 0 radical (unpaired) electrons. The molecule has 2 heteroatoms. The lowest BCUT2D eigenvalue weighted by molar-refractivity contribution is 0.527. The fourth-order valence-electron chi connectivity index (χ4n) is 2.31. The molecule has 0 amide bonds. The van der Waals surface area contributed by atoms with Crippen molar-refractivity contribution in [1.29, 1.82) is 0 Å². The van der Waals surface area contributed by atoms with Gasteiger partial charge in [-0.25, -0.2) is 0 Å². The second-order valence-electron chi connectivity index (χ2n) is 5.66. The zero-order valence-electron chi connectivity index (χ0n) is 12.8. The summed E-state index contributed by atoms with van der Waals surface area (Å²) in [5.74, 6) is 0. The molecule has 0 aromatic rings. The molecule has 0 bridgehead atoms. The number of unbranched alkanes of at least 4 members (excludes halogenated alkanes) is 11. The summed E-state index contributed by atoms with van der Waals surface area (Å²) in [6.07, 6.45) is 18.3. The van der Waals surface area contributed by atoms with E-state index in [1.54, 1.807) is 0 Å². The second-order valence-corrected chi connectivity index (χ2v) is 5.66. The van der Waals surface area contributed by atoms with Crippen LogP contribution in [0.1, 0.15) is 97.3 Å². The Balaban J connectivity index is 0. The highest BCUT2D eigenvalue weighted by molar-refractivity contribution is 5.85. The predicted octanol–water partition coefficient (Wildman–Crippen LogP) is 5.85. The molecule has 1 nitrogen and oxygen atoms in total. The van der Waals surface area contributed by atoms with Crippen LogP contribution in [-0.4, -0.2) is 6.04 Å². The first-order chi connectivity index (χ1) is 8.27. The molecule has 0 saturated carbocycles. The summed E-state index contributed by atoms with van der Waals surface area (Å²) in [6.45, 7) is 4.39. The normalized spacial score (nSPS) is 12.2. The zero-order valence-corrected chi connectivity index (χ0v) is 13.6. The van der Waals surface area contributed by atoms with Gasteiger partial charge in [0.15, 0.2) is 0 Å². The Bertz CT molecular complexity index is 137. The van der Waals surface area contributed by atoms with E-state index in [2.05, 4.69) is 13.8 Å². The van der Waals surface area contributed by atoms with Crippen LogP contribution < -0.4 is 5.73 Å². The summed E-state index contributed by atoms with van der Waals surface area (Å²) in [6, 6.07) is 0.401. The van der Waals surface area contributed by atoms with E-state index in [-0.39, 0.29) is 12.4 Å². The number of halogens is 1. The Morgan fingerprint density at radius 1 is 0.667 bits per heavy atom. The van der Waals surface area contributed by atoms with Crippen LogP contribution in [0.15, 0.2) is 0 Å². The van der Waals surface area contributed by atoms with Crippen molar-refractivity contribution in [1.82, 2.24) is 0 Å². The average molecular weight is 278 g/mol. The molecule has 0 heterocycles. The highest BCUT2D eigenvalue weighted by Crippen LogP contribution is 2.12. The van der Waals surface area contributed by atoms with Crippen molar-refractivity contribution in [2.45, 2.75) is 103 Å². The zero-order chi connectivity index (χ0) is 12.8. The SMILES string of the molecule is CCCCCCCCCCCCCCC(C)N.Cl. The molecule has 0 aliphatic rings. The van der Waals surface area contributed by atoms with E-state index in [1.165, 1.54) is 83.5 Å². The van der Waals surface area contributed by atoms with Gasteiger partial charge in [0.25, 0.3) is 0 Å². The minimum atomic E-state index is 0. The molecule has 18 heavy (non-hydrogen) atoms. The summed E-state index contributed by atoms with van der Waals surface area (Å²) in [7, 11) is 0. The molecule has 0 aromatic heterocycles. The number of hydrogen-bond acceptors (Lipinski definition) is 1. The highest BCUT2D eigenvalue weighted by atomic mass is 35.5. The lowest BCUT2D eigenvalue weighted by Gasteiger charge is -2.04. The molecule has 1 atom stereocenters. The standard InChI is InChI=1S/C16H35N.ClH/c1-3-4-5-6-7-8-9-10-11-12-13-14-15-16(2)17;/h16H,3-15,17H2,1-2H3;1H. The van der Waals surface area contributed by atoms with Crippen molar-refractivity contribution in [3.05, 3.63) is 0 Å². The topological polar surface area (TPSA) is 26.0 Å². The third kappa shape index (κ3) is 18.6. The van der Waals surface area contributed by atoms with Crippen LogP contribution in [0, 0.1) is 0 Å². The predicted molar refractivity (Wildman–Crippen MR) is 86.6 cm³/mol.